The summed E-state index contributed by atoms with van der Waals surface area (Å²) in [5.74, 6) is -0.168. The van der Waals surface area contributed by atoms with E-state index in [2.05, 4.69) is 0 Å². The van der Waals surface area contributed by atoms with Crippen LogP contribution in [-0.4, -0.2) is 35.4 Å². The highest BCUT2D eigenvalue weighted by Gasteiger charge is 2.04. The van der Waals surface area contributed by atoms with Crippen molar-refractivity contribution < 1.29 is 29.3 Å². The van der Waals surface area contributed by atoms with Crippen molar-refractivity contribution >= 4 is 11.9 Å². The quantitative estimate of drug-likeness (QED) is 0.502. The SMILES string of the molecule is O=C(O)CCCCCOc1ccccc1OCCCCCC(=O)O. The second-order valence-electron chi connectivity index (χ2n) is 5.55. The third-order valence-corrected chi connectivity index (χ3v) is 3.43. The Kier molecular flexibility index (Phi) is 10.1. The van der Waals surface area contributed by atoms with Crippen molar-refractivity contribution in [2.75, 3.05) is 13.2 Å². The van der Waals surface area contributed by atoms with E-state index in [1.807, 2.05) is 24.3 Å². The lowest BCUT2D eigenvalue weighted by Crippen LogP contribution is -2.03. The fraction of sp³-hybridized carbons (Fsp3) is 0.556. The summed E-state index contributed by atoms with van der Waals surface area (Å²) in [4.78, 5) is 20.8. The fourth-order valence-corrected chi connectivity index (χ4v) is 2.16. The highest BCUT2D eigenvalue weighted by Crippen LogP contribution is 2.27. The fourth-order valence-electron chi connectivity index (χ4n) is 2.16. The standard InChI is InChI=1S/C18H26O6/c19-17(20)11-3-1-7-13-23-15-9-5-6-10-16(15)24-14-8-2-4-12-18(21)22/h5-6,9-10H,1-4,7-8,11-14H2,(H,19,20)(H,21,22). The van der Waals surface area contributed by atoms with Gasteiger partial charge in [-0.15, -0.1) is 0 Å². The average Bonchev–Trinajstić information content (AvgIpc) is 2.54. The summed E-state index contributed by atoms with van der Waals surface area (Å²) >= 11 is 0. The van der Waals surface area contributed by atoms with E-state index in [-0.39, 0.29) is 12.8 Å². The van der Waals surface area contributed by atoms with Gasteiger partial charge in [-0.1, -0.05) is 12.1 Å². The highest BCUT2D eigenvalue weighted by molar-refractivity contribution is 5.66. The highest BCUT2D eigenvalue weighted by atomic mass is 16.5. The first-order valence-electron chi connectivity index (χ1n) is 8.38. The van der Waals surface area contributed by atoms with Gasteiger partial charge in [-0.2, -0.15) is 0 Å². The van der Waals surface area contributed by atoms with Crippen LogP contribution in [0.3, 0.4) is 0 Å². The summed E-state index contributed by atoms with van der Waals surface area (Å²) in [7, 11) is 0. The van der Waals surface area contributed by atoms with Crippen LogP contribution in [-0.2, 0) is 9.59 Å². The number of hydrogen-bond acceptors (Lipinski definition) is 4. The Hall–Kier alpha value is -2.24. The van der Waals surface area contributed by atoms with Crippen molar-refractivity contribution in [1.29, 1.82) is 0 Å². The van der Waals surface area contributed by atoms with Crippen LogP contribution in [0.2, 0.25) is 0 Å². The van der Waals surface area contributed by atoms with Crippen LogP contribution >= 0.6 is 0 Å². The molecule has 0 aliphatic heterocycles. The second kappa shape index (κ2) is 12.2. The van der Waals surface area contributed by atoms with Crippen LogP contribution < -0.4 is 9.47 Å². The molecule has 0 bridgehead atoms. The smallest absolute Gasteiger partial charge is 0.303 e. The van der Waals surface area contributed by atoms with Gasteiger partial charge in [0.05, 0.1) is 13.2 Å². The minimum absolute atomic E-state index is 0.196. The van der Waals surface area contributed by atoms with Crippen molar-refractivity contribution in [2.45, 2.75) is 51.4 Å². The van der Waals surface area contributed by atoms with Gasteiger partial charge in [-0.05, 0) is 50.7 Å². The summed E-state index contributed by atoms with van der Waals surface area (Å²) in [6.07, 6.45) is 4.95. The molecule has 0 saturated carbocycles. The van der Waals surface area contributed by atoms with Gasteiger partial charge in [0, 0.05) is 12.8 Å². The molecule has 6 heteroatoms. The Morgan fingerprint density at radius 1 is 0.708 bits per heavy atom. The minimum atomic E-state index is -0.766. The van der Waals surface area contributed by atoms with Gasteiger partial charge in [0.2, 0.25) is 0 Å². The zero-order valence-corrected chi connectivity index (χ0v) is 13.9. The van der Waals surface area contributed by atoms with E-state index in [4.69, 9.17) is 19.7 Å². The molecule has 2 N–H and O–H groups in total. The molecule has 24 heavy (non-hydrogen) atoms. The lowest BCUT2D eigenvalue weighted by Gasteiger charge is -2.12. The summed E-state index contributed by atoms with van der Waals surface area (Å²) in [5, 5.41) is 17.1. The topological polar surface area (TPSA) is 93.1 Å². The zero-order valence-electron chi connectivity index (χ0n) is 13.9. The van der Waals surface area contributed by atoms with E-state index in [9.17, 15) is 9.59 Å². The normalized spacial score (nSPS) is 10.3. The number of aliphatic carboxylic acids is 2. The molecule has 0 spiro atoms. The number of carboxylic acids is 2. The monoisotopic (exact) mass is 338 g/mol. The summed E-state index contributed by atoms with van der Waals surface area (Å²) in [6.45, 7) is 1.05. The van der Waals surface area contributed by atoms with Crippen molar-refractivity contribution in [3.8, 4) is 11.5 Å². The maximum absolute atomic E-state index is 10.4. The molecule has 0 amide bonds. The molecule has 0 aliphatic carbocycles. The first-order chi connectivity index (χ1) is 11.6. The predicted molar refractivity (Wildman–Crippen MR) is 89.6 cm³/mol. The molecule has 134 valence electrons. The molecular weight excluding hydrogens is 312 g/mol. The molecule has 0 saturated heterocycles. The Morgan fingerprint density at radius 2 is 1.12 bits per heavy atom. The molecule has 0 heterocycles. The van der Waals surface area contributed by atoms with Gasteiger partial charge < -0.3 is 19.7 Å². The lowest BCUT2D eigenvalue weighted by molar-refractivity contribution is -0.138. The Balaban J connectivity index is 2.21. The predicted octanol–water partition coefficient (Wildman–Crippen LogP) is 3.73. The van der Waals surface area contributed by atoms with Crippen molar-refractivity contribution in [1.82, 2.24) is 0 Å². The van der Waals surface area contributed by atoms with Gasteiger partial charge in [0.1, 0.15) is 0 Å². The molecule has 1 rings (SSSR count). The van der Waals surface area contributed by atoms with Crippen molar-refractivity contribution in [3.05, 3.63) is 24.3 Å². The second-order valence-corrected chi connectivity index (χ2v) is 5.55. The van der Waals surface area contributed by atoms with Gasteiger partial charge in [0.25, 0.3) is 0 Å². The van der Waals surface area contributed by atoms with Crippen molar-refractivity contribution in [2.24, 2.45) is 0 Å². The van der Waals surface area contributed by atoms with Crippen LogP contribution in [0.1, 0.15) is 51.4 Å². The van der Waals surface area contributed by atoms with Gasteiger partial charge in [0.15, 0.2) is 11.5 Å². The number of hydrogen-bond donors (Lipinski definition) is 2. The molecule has 1 aromatic carbocycles. The number of unbranched alkanes of at least 4 members (excludes halogenated alkanes) is 4. The van der Waals surface area contributed by atoms with Gasteiger partial charge in [-0.25, -0.2) is 0 Å². The Morgan fingerprint density at radius 3 is 1.50 bits per heavy atom. The molecule has 6 nitrogen and oxygen atoms in total. The zero-order chi connectivity index (χ0) is 17.6. The van der Waals surface area contributed by atoms with Crippen molar-refractivity contribution in [3.63, 3.8) is 0 Å². The molecule has 0 unspecified atom stereocenters. The number of para-hydroxylation sites is 2. The van der Waals surface area contributed by atoms with Crippen LogP contribution in [0.25, 0.3) is 0 Å². The number of rotatable bonds is 14. The number of benzene rings is 1. The molecule has 1 aromatic rings. The third-order valence-electron chi connectivity index (χ3n) is 3.43. The molecular formula is C18H26O6. The van der Waals surface area contributed by atoms with E-state index in [0.29, 0.717) is 37.6 Å². The van der Waals surface area contributed by atoms with Crippen LogP contribution in [0, 0.1) is 0 Å². The van der Waals surface area contributed by atoms with Crippen LogP contribution in [0.15, 0.2) is 24.3 Å². The van der Waals surface area contributed by atoms with E-state index in [1.165, 1.54) is 0 Å². The molecule has 0 aromatic heterocycles. The maximum Gasteiger partial charge on any atom is 0.303 e. The first-order valence-corrected chi connectivity index (χ1v) is 8.38. The van der Waals surface area contributed by atoms with Gasteiger partial charge in [-0.3, -0.25) is 9.59 Å². The van der Waals surface area contributed by atoms with E-state index in [0.717, 1.165) is 25.7 Å². The van der Waals surface area contributed by atoms with E-state index < -0.39 is 11.9 Å². The van der Waals surface area contributed by atoms with E-state index in [1.54, 1.807) is 0 Å². The average molecular weight is 338 g/mol. The third kappa shape index (κ3) is 9.71. The first kappa shape index (κ1) is 19.8. The summed E-state index contributed by atoms with van der Waals surface area (Å²) in [6, 6.07) is 7.44. The maximum atomic E-state index is 10.4. The molecule has 0 radical (unpaired) electrons. The number of ether oxygens (including phenoxy) is 2. The molecule has 0 fully saturated rings. The van der Waals surface area contributed by atoms with E-state index >= 15 is 0 Å². The van der Waals surface area contributed by atoms with Crippen LogP contribution in [0.5, 0.6) is 11.5 Å². The largest absolute Gasteiger partial charge is 0.490 e. The van der Waals surface area contributed by atoms with Crippen LogP contribution in [0.4, 0.5) is 0 Å². The summed E-state index contributed by atoms with van der Waals surface area (Å²) < 4.78 is 11.4. The number of carboxylic acid groups (broad SMARTS) is 2. The van der Waals surface area contributed by atoms with Gasteiger partial charge >= 0.3 is 11.9 Å². The summed E-state index contributed by atoms with van der Waals surface area (Å²) in [5.41, 5.74) is 0. The Bertz CT molecular complexity index is 455. The number of carbonyl (C=O) groups is 2. The molecule has 0 atom stereocenters. The minimum Gasteiger partial charge on any atom is -0.490 e. The molecule has 0 aliphatic rings. The Labute approximate surface area is 142 Å². The lowest BCUT2D eigenvalue weighted by atomic mass is 10.2.